The van der Waals surface area contributed by atoms with Crippen LogP contribution in [-0.2, 0) is 6.54 Å². The lowest BCUT2D eigenvalue weighted by Gasteiger charge is -2.24. The minimum absolute atomic E-state index is 0.0162. The van der Waals surface area contributed by atoms with Gasteiger partial charge >= 0.3 is 0 Å². The number of halogens is 1. The number of nitrogens with zero attached hydrogens (tertiary/aromatic N) is 1. The Morgan fingerprint density at radius 1 is 1.20 bits per heavy atom. The Morgan fingerprint density at radius 3 is 2.60 bits per heavy atom. The topological polar surface area (TPSA) is 29.3 Å². The average molecular weight is 333 g/mol. The normalized spacial score (nSPS) is 12.2. The number of rotatable bonds is 4. The third-order valence-electron chi connectivity index (χ3n) is 3.39. The standard InChI is InChI=1S/C17H21BrN2/c1-12-5-4-6-14(9-12)11-20(3)17-8-7-15(18)10-16(17)13(2)19/h4-10,13H,11,19H2,1-3H3. The van der Waals surface area contributed by atoms with Crippen molar-refractivity contribution in [2.75, 3.05) is 11.9 Å². The molecule has 0 aliphatic heterocycles. The van der Waals surface area contributed by atoms with E-state index in [0.29, 0.717) is 0 Å². The highest BCUT2D eigenvalue weighted by Gasteiger charge is 2.11. The highest BCUT2D eigenvalue weighted by molar-refractivity contribution is 9.10. The molecule has 106 valence electrons. The first-order chi connectivity index (χ1) is 9.47. The molecule has 0 saturated carbocycles. The number of benzene rings is 2. The van der Waals surface area contributed by atoms with Gasteiger partial charge in [0.25, 0.3) is 0 Å². The molecule has 0 saturated heterocycles. The van der Waals surface area contributed by atoms with Crippen molar-refractivity contribution in [2.45, 2.75) is 26.4 Å². The van der Waals surface area contributed by atoms with Gasteiger partial charge in [0.05, 0.1) is 0 Å². The summed E-state index contributed by atoms with van der Waals surface area (Å²) in [5.74, 6) is 0. The van der Waals surface area contributed by atoms with Gasteiger partial charge in [-0.05, 0) is 43.2 Å². The second-order valence-corrected chi connectivity index (χ2v) is 6.25. The summed E-state index contributed by atoms with van der Waals surface area (Å²) in [5.41, 5.74) is 11.0. The lowest BCUT2D eigenvalue weighted by Crippen LogP contribution is -2.20. The van der Waals surface area contributed by atoms with Crippen LogP contribution < -0.4 is 10.6 Å². The zero-order valence-electron chi connectivity index (χ0n) is 12.2. The van der Waals surface area contributed by atoms with Crippen LogP contribution in [0.5, 0.6) is 0 Å². The molecule has 0 amide bonds. The number of hydrogen-bond acceptors (Lipinski definition) is 2. The Bertz CT molecular complexity index is 593. The van der Waals surface area contributed by atoms with Crippen molar-refractivity contribution in [1.29, 1.82) is 0 Å². The minimum atomic E-state index is 0.0162. The summed E-state index contributed by atoms with van der Waals surface area (Å²) in [4.78, 5) is 2.25. The molecule has 0 heterocycles. The van der Waals surface area contributed by atoms with E-state index in [1.165, 1.54) is 16.8 Å². The molecule has 1 unspecified atom stereocenters. The second-order valence-electron chi connectivity index (χ2n) is 5.34. The van der Waals surface area contributed by atoms with Crippen molar-refractivity contribution < 1.29 is 0 Å². The van der Waals surface area contributed by atoms with Crippen LogP contribution in [0.15, 0.2) is 46.9 Å². The van der Waals surface area contributed by atoms with Crippen LogP contribution >= 0.6 is 15.9 Å². The van der Waals surface area contributed by atoms with E-state index >= 15 is 0 Å². The Labute approximate surface area is 129 Å². The van der Waals surface area contributed by atoms with E-state index in [0.717, 1.165) is 16.6 Å². The monoisotopic (exact) mass is 332 g/mol. The molecular formula is C17H21BrN2. The van der Waals surface area contributed by atoms with Crippen LogP contribution in [0.1, 0.15) is 29.7 Å². The number of hydrogen-bond donors (Lipinski definition) is 1. The van der Waals surface area contributed by atoms with E-state index in [-0.39, 0.29) is 6.04 Å². The fraction of sp³-hybridized carbons (Fsp3) is 0.294. The minimum Gasteiger partial charge on any atom is -0.370 e. The number of nitrogens with two attached hydrogens (primary N) is 1. The fourth-order valence-corrected chi connectivity index (χ4v) is 2.79. The predicted octanol–water partition coefficient (Wildman–Crippen LogP) is 4.41. The van der Waals surface area contributed by atoms with Gasteiger partial charge < -0.3 is 10.6 Å². The summed E-state index contributed by atoms with van der Waals surface area (Å²) >= 11 is 3.52. The maximum atomic E-state index is 6.09. The largest absolute Gasteiger partial charge is 0.370 e. The van der Waals surface area contributed by atoms with E-state index < -0.39 is 0 Å². The Hall–Kier alpha value is -1.32. The smallest absolute Gasteiger partial charge is 0.0426 e. The third-order valence-corrected chi connectivity index (χ3v) is 3.89. The molecule has 2 nitrogen and oxygen atoms in total. The van der Waals surface area contributed by atoms with Gasteiger partial charge in [0, 0.05) is 29.8 Å². The quantitative estimate of drug-likeness (QED) is 0.898. The van der Waals surface area contributed by atoms with Crippen LogP contribution in [0.25, 0.3) is 0 Å². The molecule has 0 radical (unpaired) electrons. The van der Waals surface area contributed by atoms with Crippen molar-refractivity contribution in [3.8, 4) is 0 Å². The SMILES string of the molecule is Cc1cccc(CN(C)c2ccc(Br)cc2C(C)N)c1. The van der Waals surface area contributed by atoms with Gasteiger partial charge in [-0.3, -0.25) is 0 Å². The lowest BCUT2D eigenvalue weighted by atomic mass is 10.1. The van der Waals surface area contributed by atoms with E-state index in [2.05, 4.69) is 77.3 Å². The molecule has 0 fully saturated rings. The van der Waals surface area contributed by atoms with Crippen LogP contribution in [0, 0.1) is 6.92 Å². The second kappa shape index (κ2) is 6.42. The number of aryl methyl sites for hydroxylation is 1. The Kier molecular flexibility index (Phi) is 4.84. The Morgan fingerprint density at radius 2 is 1.95 bits per heavy atom. The predicted molar refractivity (Wildman–Crippen MR) is 90.0 cm³/mol. The first kappa shape index (κ1) is 15.1. The average Bonchev–Trinajstić information content (AvgIpc) is 2.38. The maximum absolute atomic E-state index is 6.09. The molecule has 2 aromatic rings. The molecule has 2 rings (SSSR count). The zero-order valence-corrected chi connectivity index (χ0v) is 13.8. The summed E-state index contributed by atoms with van der Waals surface area (Å²) in [7, 11) is 2.11. The van der Waals surface area contributed by atoms with Crippen molar-refractivity contribution in [3.63, 3.8) is 0 Å². The van der Waals surface area contributed by atoms with Gasteiger partial charge in [0.1, 0.15) is 0 Å². The number of anilines is 1. The van der Waals surface area contributed by atoms with Crippen molar-refractivity contribution >= 4 is 21.6 Å². The van der Waals surface area contributed by atoms with Crippen LogP contribution in [-0.4, -0.2) is 7.05 Å². The summed E-state index contributed by atoms with van der Waals surface area (Å²) < 4.78 is 1.07. The molecule has 0 aliphatic carbocycles. The van der Waals surface area contributed by atoms with Gasteiger partial charge in [0.15, 0.2) is 0 Å². The third kappa shape index (κ3) is 3.62. The summed E-state index contributed by atoms with van der Waals surface area (Å²) in [6, 6.07) is 14.9. The van der Waals surface area contributed by atoms with Crippen LogP contribution in [0.2, 0.25) is 0 Å². The van der Waals surface area contributed by atoms with E-state index in [4.69, 9.17) is 5.73 Å². The molecule has 2 N–H and O–H groups in total. The van der Waals surface area contributed by atoms with Crippen molar-refractivity contribution in [3.05, 3.63) is 63.6 Å². The fourth-order valence-electron chi connectivity index (χ4n) is 2.41. The molecule has 3 heteroatoms. The van der Waals surface area contributed by atoms with Gasteiger partial charge in [-0.1, -0.05) is 45.8 Å². The van der Waals surface area contributed by atoms with E-state index in [9.17, 15) is 0 Å². The molecule has 2 aromatic carbocycles. The molecule has 0 spiro atoms. The Balaban J connectivity index is 2.27. The molecule has 0 aliphatic rings. The van der Waals surface area contributed by atoms with Crippen LogP contribution in [0.4, 0.5) is 5.69 Å². The summed E-state index contributed by atoms with van der Waals surface area (Å²) in [6.07, 6.45) is 0. The molecular weight excluding hydrogens is 312 g/mol. The van der Waals surface area contributed by atoms with Crippen LogP contribution in [0.3, 0.4) is 0 Å². The van der Waals surface area contributed by atoms with Gasteiger partial charge in [-0.15, -0.1) is 0 Å². The van der Waals surface area contributed by atoms with E-state index in [1.54, 1.807) is 0 Å². The highest BCUT2D eigenvalue weighted by Crippen LogP contribution is 2.28. The van der Waals surface area contributed by atoms with E-state index in [1.807, 2.05) is 6.92 Å². The summed E-state index contributed by atoms with van der Waals surface area (Å²) in [6.45, 7) is 5.02. The zero-order chi connectivity index (χ0) is 14.7. The molecule has 0 bridgehead atoms. The van der Waals surface area contributed by atoms with Gasteiger partial charge in [-0.2, -0.15) is 0 Å². The first-order valence-corrected chi connectivity index (χ1v) is 7.58. The lowest BCUT2D eigenvalue weighted by molar-refractivity contribution is 0.800. The summed E-state index contributed by atoms with van der Waals surface area (Å²) in [5, 5.41) is 0. The van der Waals surface area contributed by atoms with Crippen molar-refractivity contribution in [1.82, 2.24) is 0 Å². The molecule has 0 aromatic heterocycles. The first-order valence-electron chi connectivity index (χ1n) is 6.79. The molecule has 20 heavy (non-hydrogen) atoms. The van der Waals surface area contributed by atoms with Gasteiger partial charge in [0.2, 0.25) is 0 Å². The molecule has 1 atom stereocenters. The van der Waals surface area contributed by atoms with Gasteiger partial charge in [-0.25, -0.2) is 0 Å². The maximum Gasteiger partial charge on any atom is 0.0426 e. The van der Waals surface area contributed by atoms with Crippen molar-refractivity contribution in [2.24, 2.45) is 5.73 Å². The highest BCUT2D eigenvalue weighted by atomic mass is 79.9.